The summed E-state index contributed by atoms with van der Waals surface area (Å²) in [5, 5.41) is 5.80. The quantitative estimate of drug-likeness (QED) is 0.935. The molecule has 1 aromatic carbocycles. The van der Waals surface area contributed by atoms with E-state index in [1.54, 1.807) is 0 Å². The Kier molecular flexibility index (Phi) is 4.33. The first kappa shape index (κ1) is 14.8. The van der Waals surface area contributed by atoms with Crippen LogP contribution >= 0.6 is 11.8 Å². The molecule has 23 heavy (non-hydrogen) atoms. The second-order valence-electron chi connectivity index (χ2n) is 5.59. The van der Waals surface area contributed by atoms with Crippen LogP contribution in [-0.4, -0.2) is 24.7 Å². The molecule has 5 heteroatoms. The fourth-order valence-electron chi connectivity index (χ4n) is 3.03. The summed E-state index contributed by atoms with van der Waals surface area (Å²) in [4.78, 5) is 6.64. The first-order valence-electron chi connectivity index (χ1n) is 7.85. The summed E-state index contributed by atoms with van der Waals surface area (Å²) >= 11 is 1.81. The molecule has 1 N–H and O–H groups in total. The molecular formula is C18H19N3OS. The van der Waals surface area contributed by atoms with E-state index >= 15 is 0 Å². The van der Waals surface area contributed by atoms with E-state index in [0.29, 0.717) is 0 Å². The van der Waals surface area contributed by atoms with E-state index in [1.807, 2.05) is 24.2 Å². The van der Waals surface area contributed by atoms with Crippen molar-refractivity contribution in [2.75, 3.05) is 24.6 Å². The Balaban J connectivity index is 1.68. The Morgan fingerprint density at radius 1 is 1.22 bits per heavy atom. The zero-order chi connectivity index (χ0) is 15.5. The number of hydrogen-bond donors (Lipinski definition) is 1. The lowest BCUT2D eigenvalue weighted by Gasteiger charge is -2.31. The van der Waals surface area contributed by atoms with E-state index in [9.17, 15) is 0 Å². The zero-order valence-electron chi connectivity index (χ0n) is 12.8. The molecule has 3 heterocycles. The van der Waals surface area contributed by atoms with Gasteiger partial charge < -0.3 is 15.0 Å². The van der Waals surface area contributed by atoms with Gasteiger partial charge in [0.2, 0.25) is 0 Å². The largest absolute Gasteiger partial charge is 0.371 e. The second kappa shape index (κ2) is 6.74. The van der Waals surface area contributed by atoms with Crippen LogP contribution in [0.15, 0.2) is 60.4 Å². The van der Waals surface area contributed by atoms with Crippen molar-refractivity contribution in [2.24, 2.45) is 0 Å². The van der Waals surface area contributed by atoms with Gasteiger partial charge in [0.1, 0.15) is 5.37 Å². The summed E-state index contributed by atoms with van der Waals surface area (Å²) < 4.78 is 5.96. The number of nitrogens with one attached hydrogen (secondary N) is 1. The van der Waals surface area contributed by atoms with Gasteiger partial charge in [0, 0.05) is 31.0 Å². The first-order valence-corrected chi connectivity index (χ1v) is 8.79. The van der Waals surface area contributed by atoms with Crippen molar-refractivity contribution in [2.45, 2.75) is 11.5 Å². The summed E-state index contributed by atoms with van der Waals surface area (Å²) in [6, 6.07) is 12.7. The predicted octanol–water partition coefficient (Wildman–Crippen LogP) is 3.47. The molecule has 2 aromatic rings. The molecule has 1 aromatic heterocycles. The van der Waals surface area contributed by atoms with Crippen LogP contribution in [0.3, 0.4) is 0 Å². The van der Waals surface area contributed by atoms with Crippen molar-refractivity contribution in [1.29, 1.82) is 0 Å². The van der Waals surface area contributed by atoms with Crippen molar-refractivity contribution in [3.05, 3.63) is 71.5 Å². The van der Waals surface area contributed by atoms with Crippen molar-refractivity contribution in [3.8, 4) is 0 Å². The molecule has 0 radical (unpaired) electrons. The molecule has 2 aliphatic heterocycles. The Labute approximate surface area is 140 Å². The Morgan fingerprint density at radius 3 is 2.96 bits per heavy atom. The third-order valence-corrected chi connectivity index (χ3v) is 5.19. The van der Waals surface area contributed by atoms with Gasteiger partial charge in [-0.3, -0.25) is 4.98 Å². The Hall–Kier alpha value is -1.82. The minimum atomic E-state index is 0.0807. The first-order chi connectivity index (χ1) is 11.4. The van der Waals surface area contributed by atoms with Gasteiger partial charge in [-0.05, 0) is 17.0 Å². The molecule has 0 saturated carbocycles. The number of hydrogen-bond acceptors (Lipinski definition) is 5. The molecule has 2 aliphatic rings. The molecule has 4 rings (SSSR count). The van der Waals surface area contributed by atoms with Crippen LogP contribution in [0.5, 0.6) is 0 Å². The fourth-order valence-corrected chi connectivity index (χ4v) is 4.01. The predicted molar refractivity (Wildman–Crippen MR) is 94.2 cm³/mol. The molecule has 2 unspecified atom stereocenters. The number of anilines is 1. The van der Waals surface area contributed by atoms with Gasteiger partial charge in [-0.25, -0.2) is 0 Å². The van der Waals surface area contributed by atoms with Gasteiger partial charge in [0.05, 0.1) is 24.6 Å². The van der Waals surface area contributed by atoms with Gasteiger partial charge in [0.15, 0.2) is 0 Å². The van der Waals surface area contributed by atoms with Crippen LogP contribution in [0.1, 0.15) is 22.6 Å². The molecule has 4 nitrogen and oxygen atoms in total. The Morgan fingerprint density at radius 2 is 2.13 bits per heavy atom. The minimum absolute atomic E-state index is 0.0807. The molecule has 1 fully saturated rings. The average Bonchev–Trinajstić information content (AvgIpc) is 3.13. The van der Waals surface area contributed by atoms with Crippen LogP contribution in [-0.2, 0) is 4.74 Å². The summed E-state index contributed by atoms with van der Waals surface area (Å²) in [7, 11) is 0. The maximum atomic E-state index is 5.96. The van der Waals surface area contributed by atoms with Crippen LogP contribution in [0.25, 0.3) is 0 Å². The van der Waals surface area contributed by atoms with E-state index in [1.165, 1.54) is 11.1 Å². The monoisotopic (exact) mass is 325 g/mol. The number of benzene rings is 1. The second-order valence-corrected chi connectivity index (χ2v) is 6.58. The lowest BCUT2D eigenvalue weighted by molar-refractivity contribution is 0.0279. The average molecular weight is 325 g/mol. The Bertz CT molecular complexity index is 686. The van der Waals surface area contributed by atoms with Crippen LogP contribution in [0.2, 0.25) is 0 Å². The standard InChI is InChI=1S/C18H19N3OS/c1-2-4-14(5-3-1)18-21(9-11-23-18)16-12-19-7-6-15(16)17-13-20-8-10-22-17/h1-7,9,11-12,17-18,20H,8,10,13H2. The number of nitrogens with zero attached hydrogens (tertiary/aromatic N) is 2. The summed E-state index contributed by atoms with van der Waals surface area (Å²) in [5.74, 6) is 0. The van der Waals surface area contributed by atoms with Crippen molar-refractivity contribution in [3.63, 3.8) is 0 Å². The van der Waals surface area contributed by atoms with Crippen molar-refractivity contribution >= 4 is 17.4 Å². The number of morpholine rings is 1. The van der Waals surface area contributed by atoms with Gasteiger partial charge in [-0.2, -0.15) is 0 Å². The highest BCUT2D eigenvalue weighted by Gasteiger charge is 2.28. The number of pyridine rings is 1. The van der Waals surface area contributed by atoms with Crippen LogP contribution < -0.4 is 10.2 Å². The third kappa shape index (κ3) is 3.00. The molecule has 1 saturated heterocycles. The van der Waals surface area contributed by atoms with Gasteiger partial charge in [0.25, 0.3) is 0 Å². The van der Waals surface area contributed by atoms with Gasteiger partial charge >= 0.3 is 0 Å². The van der Waals surface area contributed by atoms with E-state index < -0.39 is 0 Å². The van der Waals surface area contributed by atoms with Crippen LogP contribution in [0, 0.1) is 0 Å². The highest BCUT2D eigenvalue weighted by molar-refractivity contribution is 8.02. The molecule has 0 spiro atoms. The van der Waals surface area contributed by atoms with Crippen molar-refractivity contribution < 1.29 is 4.74 Å². The lowest BCUT2D eigenvalue weighted by Crippen LogP contribution is -2.34. The van der Waals surface area contributed by atoms with E-state index in [-0.39, 0.29) is 11.5 Å². The van der Waals surface area contributed by atoms with E-state index in [4.69, 9.17) is 4.74 Å². The maximum absolute atomic E-state index is 5.96. The van der Waals surface area contributed by atoms with Crippen LogP contribution in [0.4, 0.5) is 5.69 Å². The third-order valence-electron chi connectivity index (χ3n) is 4.15. The number of rotatable bonds is 3. The summed E-state index contributed by atoms with van der Waals surface area (Å²) in [5.41, 5.74) is 3.61. The smallest absolute Gasteiger partial charge is 0.109 e. The molecule has 2 atom stereocenters. The maximum Gasteiger partial charge on any atom is 0.109 e. The molecule has 0 amide bonds. The fraction of sp³-hybridized carbons (Fsp3) is 0.278. The van der Waals surface area contributed by atoms with Crippen molar-refractivity contribution in [1.82, 2.24) is 10.3 Å². The SMILES string of the molecule is C1=CN(c2cnccc2C2CNCCO2)C(c2ccccc2)S1. The van der Waals surface area contributed by atoms with E-state index in [0.717, 1.165) is 25.4 Å². The number of aromatic nitrogens is 1. The summed E-state index contributed by atoms with van der Waals surface area (Å²) in [6.45, 7) is 2.51. The number of thioether (sulfide) groups is 1. The molecule has 118 valence electrons. The topological polar surface area (TPSA) is 37.4 Å². The highest BCUT2D eigenvalue weighted by Crippen LogP contribution is 2.43. The van der Waals surface area contributed by atoms with Gasteiger partial charge in [-0.15, -0.1) is 11.8 Å². The minimum Gasteiger partial charge on any atom is -0.371 e. The molecule has 0 bridgehead atoms. The van der Waals surface area contributed by atoms with Gasteiger partial charge in [-0.1, -0.05) is 30.3 Å². The molecule has 0 aliphatic carbocycles. The lowest BCUT2D eigenvalue weighted by atomic mass is 10.1. The van der Waals surface area contributed by atoms with E-state index in [2.05, 4.69) is 63.2 Å². The molecular weight excluding hydrogens is 306 g/mol. The highest BCUT2D eigenvalue weighted by atomic mass is 32.2. The zero-order valence-corrected chi connectivity index (χ0v) is 13.6. The normalized spacial score (nSPS) is 24.1. The number of ether oxygens (including phenoxy) is 1. The summed E-state index contributed by atoms with van der Waals surface area (Å²) in [6.07, 6.45) is 6.01.